The Morgan fingerprint density at radius 1 is 1.42 bits per heavy atom. The zero-order chi connectivity index (χ0) is 14.6. The summed E-state index contributed by atoms with van der Waals surface area (Å²) in [7, 11) is 1.83. The Hall–Kier alpha value is -0.580. The number of nitrogens with zero attached hydrogens (tertiary/aromatic N) is 1. The van der Waals surface area contributed by atoms with E-state index in [1.807, 2.05) is 26.1 Å². The summed E-state index contributed by atoms with van der Waals surface area (Å²) in [6, 6.07) is 3.89. The molecule has 1 amide bonds. The summed E-state index contributed by atoms with van der Waals surface area (Å²) < 4.78 is 0.721. The minimum Gasteiger partial charge on any atom is -0.345 e. The molecule has 0 bridgehead atoms. The number of rotatable bonds is 6. The van der Waals surface area contributed by atoms with E-state index in [2.05, 4.69) is 13.8 Å². The molecular weight excluding hydrogens is 280 g/mol. The molecule has 0 saturated heterocycles. The van der Waals surface area contributed by atoms with E-state index in [1.54, 1.807) is 4.90 Å². The molecule has 3 nitrogen and oxygen atoms in total. The van der Waals surface area contributed by atoms with Crippen LogP contribution in [-0.4, -0.2) is 30.4 Å². The number of thiophene rings is 1. The van der Waals surface area contributed by atoms with Gasteiger partial charge in [0.1, 0.15) is 0 Å². The molecule has 19 heavy (non-hydrogen) atoms. The molecule has 0 aliphatic rings. The molecule has 0 spiro atoms. The lowest BCUT2D eigenvalue weighted by molar-refractivity contribution is -0.131. The van der Waals surface area contributed by atoms with E-state index >= 15 is 0 Å². The highest BCUT2D eigenvalue weighted by Gasteiger charge is 2.21. The molecule has 0 aromatic carbocycles. The highest BCUT2D eigenvalue weighted by molar-refractivity contribution is 7.16. The van der Waals surface area contributed by atoms with E-state index in [-0.39, 0.29) is 17.9 Å². The Morgan fingerprint density at radius 3 is 2.53 bits per heavy atom. The molecule has 0 saturated carbocycles. The van der Waals surface area contributed by atoms with Crippen LogP contribution in [0.5, 0.6) is 0 Å². The first-order chi connectivity index (χ1) is 8.82. The number of carbonyl (C=O) groups is 1. The van der Waals surface area contributed by atoms with Crippen LogP contribution in [0.3, 0.4) is 0 Å². The molecule has 2 unspecified atom stereocenters. The normalized spacial score (nSPS) is 14.5. The molecule has 1 rings (SSSR count). The van der Waals surface area contributed by atoms with Crippen molar-refractivity contribution in [1.82, 2.24) is 4.90 Å². The highest BCUT2D eigenvalue weighted by Crippen LogP contribution is 2.29. The van der Waals surface area contributed by atoms with Crippen molar-refractivity contribution in [3.8, 4) is 0 Å². The lowest BCUT2D eigenvalue weighted by atomic mass is 10.0. The second-order valence-corrected chi connectivity index (χ2v) is 7.07. The lowest BCUT2D eigenvalue weighted by Gasteiger charge is -2.23. The second-order valence-electron chi connectivity index (χ2n) is 5.32. The van der Waals surface area contributed by atoms with E-state index < -0.39 is 0 Å². The van der Waals surface area contributed by atoms with Gasteiger partial charge in [0, 0.05) is 24.5 Å². The number of halogens is 1. The van der Waals surface area contributed by atoms with Crippen molar-refractivity contribution >= 4 is 28.8 Å². The quantitative estimate of drug-likeness (QED) is 0.876. The Morgan fingerprint density at radius 2 is 2.05 bits per heavy atom. The Labute approximate surface area is 124 Å². The molecule has 0 aliphatic heterocycles. The van der Waals surface area contributed by atoms with Gasteiger partial charge in [-0.1, -0.05) is 25.4 Å². The third-order valence-corrected chi connectivity index (χ3v) is 4.84. The molecule has 2 atom stereocenters. The molecule has 0 aliphatic carbocycles. The first-order valence-electron chi connectivity index (χ1n) is 6.58. The van der Waals surface area contributed by atoms with Crippen molar-refractivity contribution in [1.29, 1.82) is 0 Å². The molecule has 0 radical (unpaired) electrons. The number of likely N-dealkylation sites (N-methyl/N-ethyl adjacent to an activating group) is 1. The Bertz CT molecular complexity index is 419. The highest BCUT2D eigenvalue weighted by atomic mass is 35.5. The van der Waals surface area contributed by atoms with E-state index in [1.165, 1.54) is 11.3 Å². The first-order valence-corrected chi connectivity index (χ1v) is 7.78. The summed E-state index contributed by atoms with van der Waals surface area (Å²) in [5, 5.41) is 0. The second kappa shape index (κ2) is 7.27. The van der Waals surface area contributed by atoms with E-state index in [0.29, 0.717) is 12.5 Å². The van der Waals surface area contributed by atoms with Crippen LogP contribution in [0.2, 0.25) is 4.34 Å². The maximum Gasteiger partial charge on any atom is 0.230 e. The van der Waals surface area contributed by atoms with Crippen LogP contribution >= 0.6 is 22.9 Å². The van der Waals surface area contributed by atoms with Gasteiger partial charge in [-0.15, -0.1) is 11.3 Å². The number of nitrogens with two attached hydrogens (primary N) is 1. The van der Waals surface area contributed by atoms with Gasteiger partial charge in [0.25, 0.3) is 0 Å². The van der Waals surface area contributed by atoms with Gasteiger partial charge in [-0.3, -0.25) is 4.79 Å². The van der Waals surface area contributed by atoms with Gasteiger partial charge < -0.3 is 10.6 Å². The van der Waals surface area contributed by atoms with Crippen molar-refractivity contribution in [2.75, 3.05) is 13.6 Å². The largest absolute Gasteiger partial charge is 0.345 e. The summed E-state index contributed by atoms with van der Waals surface area (Å²) >= 11 is 7.37. The van der Waals surface area contributed by atoms with E-state index in [4.69, 9.17) is 17.3 Å². The fourth-order valence-corrected chi connectivity index (χ4v) is 2.90. The van der Waals surface area contributed by atoms with Gasteiger partial charge in [0.2, 0.25) is 5.91 Å². The van der Waals surface area contributed by atoms with Gasteiger partial charge in [-0.25, -0.2) is 0 Å². The van der Waals surface area contributed by atoms with Crippen LogP contribution in [-0.2, 0) is 4.79 Å². The fraction of sp³-hybridized carbons (Fsp3) is 0.643. The van der Waals surface area contributed by atoms with Crippen LogP contribution in [0.1, 0.15) is 38.0 Å². The summed E-state index contributed by atoms with van der Waals surface area (Å²) in [4.78, 5) is 15.1. The zero-order valence-corrected chi connectivity index (χ0v) is 13.6. The molecule has 5 heteroatoms. The molecule has 0 fully saturated rings. The van der Waals surface area contributed by atoms with Crippen LogP contribution < -0.4 is 5.73 Å². The molecule has 1 heterocycles. The fourth-order valence-electron chi connectivity index (χ4n) is 1.80. The lowest BCUT2D eigenvalue weighted by Crippen LogP contribution is -2.36. The van der Waals surface area contributed by atoms with E-state index in [0.717, 1.165) is 15.6 Å². The molecule has 1 aromatic heterocycles. The standard InChI is InChI=1S/C14H23ClN2OS/c1-9(2)11(16)7-8-17(4)14(18)10(3)12-5-6-13(15)19-12/h5-6,9-11H,7-8,16H2,1-4H3. The van der Waals surface area contributed by atoms with Gasteiger partial charge in [0.05, 0.1) is 10.3 Å². The predicted molar refractivity (Wildman–Crippen MR) is 82.8 cm³/mol. The first kappa shape index (κ1) is 16.5. The summed E-state index contributed by atoms with van der Waals surface area (Å²) in [5.74, 6) is 0.421. The third-order valence-electron chi connectivity index (χ3n) is 3.42. The average Bonchev–Trinajstić information content (AvgIpc) is 2.80. The molecule has 108 valence electrons. The number of hydrogen-bond donors (Lipinski definition) is 1. The molecular formula is C14H23ClN2OS. The monoisotopic (exact) mass is 302 g/mol. The summed E-state index contributed by atoms with van der Waals surface area (Å²) in [6.45, 7) is 6.82. The summed E-state index contributed by atoms with van der Waals surface area (Å²) in [5.41, 5.74) is 6.00. The van der Waals surface area contributed by atoms with E-state index in [9.17, 15) is 4.79 Å². The maximum atomic E-state index is 12.3. The zero-order valence-electron chi connectivity index (χ0n) is 12.0. The van der Waals surface area contributed by atoms with Crippen LogP contribution in [0.25, 0.3) is 0 Å². The smallest absolute Gasteiger partial charge is 0.230 e. The van der Waals surface area contributed by atoms with Crippen LogP contribution in [0, 0.1) is 5.92 Å². The van der Waals surface area contributed by atoms with Gasteiger partial charge in [-0.2, -0.15) is 0 Å². The number of amides is 1. The minimum atomic E-state index is -0.141. The number of hydrogen-bond acceptors (Lipinski definition) is 3. The van der Waals surface area contributed by atoms with Gasteiger partial charge >= 0.3 is 0 Å². The van der Waals surface area contributed by atoms with Crippen LogP contribution in [0.15, 0.2) is 12.1 Å². The predicted octanol–water partition coefficient (Wildman–Crippen LogP) is 3.34. The Kier molecular flexibility index (Phi) is 6.30. The average molecular weight is 303 g/mol. The molecule has 2 N–H and O–H groups in total. The van der Waals surface area contributed by atoms with Gasteiger partial charge in [0.15, 0.2) is 0 Å². The SMILES string of the molecule is CC(C(=O)N(C)CCC(N)C(C)C)c1ccc(Cl)s1. The molecule has 1 aromatic rings. The van der Waals surface area contributed by atoms with Gasteiger partial charge in [-0.05, 0) is 31.4 Å². The summed E-state index contributed by atoms with van der Waals surface area (Å²) in [6.07, 6.45) is 0.831. The maximum absolute atomic E-state index is 12.3. The van der Waals surface area contributed by atoms with Crippen LogP contribution in [0.4, 0.5) is 0 Å². The number of carbonyl (C=O) groups excluding carboxylic acids is 1. The van der Waals surface area contributed by atoms with Crippen molar-refractivity contribution in [2.24, 2.45) is 11.7 Å². The van der Waals surface area contributed by atoms with Crippen molar-refractivity contribution in [2.45, 2.75) is 39.2 Å². The Balaban J connectivity index is 2.52. The van der Waals surface area contributed by atoms with Crippen molar-refractivity contribution in [3.05, 3.63) is 21.3 Å². The van der Waals surface area contributed by atoms with Crippen molar-refractivity contribution < 1.29 is 4.79 Å². The topological polar surface area (TPSA) is 46.3 Å². The van der Waals surface area contributed by atoms with Crippen molar-refractivity contribution in [3.63, 3.8) is 0 Å². The third kappa shape index (κ3) is 4.79. The minimum absolute atomic E-state index is 0.120.